The number of halogens is 1. The molecular weight excluding hydrogens is 394 g/mol. The van der Waals surface area contributed by atoms with Gasteiger partial charge in [0.1, 0.15) is 16.4 Å². The van der Waals surface area contributed by atoms with Crippen molar-refractivity contribution >= 4 is 26.0 Å². The second-order valence-electron chi connectivity index (χ2n) is 5.13. The van der Waals surface area contributed by atoms with Crippen LogP contribution in [0.15, 0.2) is 51.8 Å². The molecule has 0 saturated heterocycles. The number of hydrogen-bond acceptors (Lipinski definition) is 4. The first-order valence-corrected chi connectivity index (χ1v) is 9.63. The van der Waals surface area contributed by atoms with Gasteiger partial charge in [-0.25, -0.2) is 8.42 Å². The normalized spacial score (nSPS) is 11.5. The summed E-state index contributed by atoms with van der Waals surface area (Å²) in [6, 6.07) is 12.3. The van der Waals surface area contributed by atoms with Gasteiger partial charge in [0, 0.05) is 18.1 Å². The van der Waals surface area contributed by atoms with E-state index in [1.807, 2.05) is 19.1 Å². The van der Waals surface area contributed by atoms with Gasteiger partial charge < -0.3 is 9.47 Å². The van der Waals surface area contributed by atoms with E-state index in [2.05, 4.69) is 15.9 Å². The van der Waals surface area contributed by atoms with E-state index in [9.17, 15) is 8.42 Å². The molecule has 0 atom stereocenters. The summed E-state index contributed by atoms with van der Waals surface area (Å²) in [6.45, 7) is 2.47. The third-order valence-electron chi connectivity index (χ3n) is 3.46. The maximum Gasteiger partial charge on any atom is 0.246 e. The van der Waals surface area contributed by atoms with Crippen molar-refractivity contribution in [1.29, 1.82) is 0 Å². The van der Waals surface area contributed by atoms with Crippen LogP contribution in [0.3, 0.4) is 0 Å². The van der Waals surface area contributed by atoms with Crippen LogP contribution in [0.2, 0.25) is 0 Å². The summed E-state index contributed by atoms with van der Waals surface area (Å²) in [6.07, 6.45) is 0. The third-order valence-corrected chi connectivity index (χ3v) is 5.78. The smallest absolute Gasteiger partial charge is 0.246 e. The summed E-state index contributed by atoms with van der Waals surface area (Å²) in [5.41, 5.74) is 0.870. The van der Waals surface area contributed by atoms with E-state index >= 15 is 0 Å². The van der Waals surface area contributed by atoms with Crippen LogP contribution in [0.1, 0.15) is 12.5 Å². The predicted octanol–water partition coefficient (Wildman–Crippen LogP) is 3.68. The number of sulfonamides is 1. The van der Waals surface area contributed by atoms with Gasteiger partial charge in [0.15, 0.2) is 0 Å². The quantitative estimate of drug-likeness (QED) is 0.694. The fourth-order valence-corrected chi connectivity index (χ4v) is 4.02. The Morgan fingerprint density at radius 2 is 1.79 bits per heavy atom. The van der Waals surface area contributed by atoms with Gasteiger partial charge in [-0.2, -0.15) is 4.31 Å². The molecule has 2 rings (SSSR count). The van der Waals surface area contributed by atoms with Crippen LogP contribution in [0.25, 0.3) is 0 Å². The fourth-order valence-electron chi connectivity index (χ4n) is 2.20. The molecule has 0 bridgehead atoms. The maximum atomic E-state index is 12.9. The van der Waals surface area contributed by atoms with Crippen molar-refractivity contribution < 1.29 is 17.9 Å². The molecule has 0 aliphatic carbocycles. The summed E-state index contributed by atoms with van der Waals surface area (Å²) in [4.78, 5) is 0.148. The Morgan fingerprint density at radius 3 is 2.38 bits per heavy atom. The van der Waals surface area contributed by atoms with Crippen molar-refractivity contribution in [2.24, 2.45) is 0 Å². The number of nitrogens with zero attached hydrogens (tertiary/aromatic N) is 1. The highest BCUT2D eigenvalue weighted by Gasteiger charge is 2.25. The lowest BCUT2D eigenvalue weighted by Gasteiger charge is -2.19. The minimum absolute atomic E-state index is 0.148. The molecule has 0 aliphatic heterocycles. The monoisotopic (exact) mass is 413 g/mol. The van der Waals surface area contributed by atoms with Crippen LogP contribution >= 0.6 is 15.9 Å². The fraction of sp³-hybridized carbons (Fsp3) is 0.294. The molecule has 0 saturated carbocycles. The van der Waals surface area contributed by atoms with Gasteiger partial charge in [-0.15, -0.1) is 0 Å². The zero-order chi connectivity index (χ0) is 17.7. The first-order chi connectivity index (χ1) is 11.4. The highest BCUT2D eigenvalue weighted by molar-refractivity contribution is 9.10. The lowest BCUT2D eigenvalue weighted by Crippen LogP contribution is -2.27. The lowest BCUT2D eigenvalue weighted by molar-refractivity contribution is 0.329. The first-order valence-electron chi connectivity index (χ1n) is 7.40. The predicted molar refractivity (Wildman–Crippen MR) is 97.0 cm³/mol. The molecule has 0 aliphatic rings. The molecule has 0 radical (unpaired) electrons. The molecular formula is C17H20BrNO4S. The van der Waals surface area contributed by atoms with Gasteiger partial charge in [-0.3, -0.25) is 0 Å². The van der Waals surface area contributed by atoms with Crippen LogP contribution in [-0.2, 0) is 16.6 Å². The van der Waals surface area contributed by atoms with E-state index in [4.69, 9.17) is 9.47 Å². The number of methoxy groups -OCH3 is 1. The average Bonchev–Trinajstić information content (AvgIpc) is 2.57. The van der Waals surface area contributed by atoms with Crippen molar-refractivity contribution in [1.82, 2.24) is 4.31 Å². The summed E-state index contributed by atoms with van der Waals surface area (Å²) in [5, 5.41) is 0. The molecule has 130 valence electrons. The van der Waals surface area contributed by atoms with Crippen LogP contribution in [0.4, 0.5) is 0 Å². The molecule has 2 aromatic carbocycles. The van der Waals surface area contributed by atoms with Gasteiger partial charge in [-0.1, -0.05) is 28.1 Å². The second-order valence-corrected chi connectivity index (χ2v) is 8.06. The Kier molecular flexibility index (Phi) is 6.26. The Labute approximate surface area is 151 Å². The van der Waals surface area contributed by atoms with Crippen molar-refractivity contribution in [3.8, 4) is 11.5 Å². The zero-order valence-electron chi connectivity index (χ0n) is 13.8. The molecule has 2 aromatic rings. The molecule has 0 aromatic heterocycles. The highest BCUT2D eigenvalue weighted by Crippen LogP contribution is 2.30. The average molecular weight is 414 g/mol. The Morgan fingerprint density at radius 1 is 1.12 bits per heavy atom. The van der Waals surface area contributed by atoms with Gasteiger partial charge in [0.05, 0.1) is 13.7 Å². The van der Waals surface area contributed by atoms with E-state index in [1.54, 1.807) is 44.5 Å². The van der Waals surface area contributed by atoms with Crippen LogP contribution in [0.5, 0.6) is 11.5 Å². The van der Waals surface area contributed by atoms with Gasteiger partial charge >= 0.3 is 0 Å². The summed E-state index contributed by atoms with van der Waals surface area (Å²) >= 11 is 3.32. The molecule has 0 N–H and O–H groups in total. The topological polar surface area (TPSA) is 55.8 Å². The number of benzene rings is 2. The molecule has 0 fully saturated rings. The van der Waals surface area contributed by atoms with Crippen LogP contribution in [0, 0.1) is 0 Å². The Bertz CT molecular complexity index is 791. The van der Waals surface area contributed by atoms with Gasteiger partial charge in [-0.05, 0) is 42.8 Å². The van der Waals surface area contributed by atoms with Crippen molar-refractivity contribution in [3.05, 3.63) is 52.5 Å². The largest absolute Gasteiger partial charge is 0.497 e. The lowest BCUT2D eigenvalue weighted by atomic mass is 10.2. The van der Waals surface area contributed by atoms with E-state index in [0.29, 0.717) is 16.8 Å². The molecule has 5 nitrogen and oxygen atoms in total. The van der Waals surface area contributed by atoms with E-state index in [0.717, 1.165) is 11.3 Å². The molecule has 0 amide bonds. The summed E-state index contributed by atoms with van der Waals surface area (Å²) < 4.78 is 38.4. The van der Waals surface area contributed by atoms with Gasteiger partial charge in [0.2, 0.25) is 10.0 Å². The van der Waals surface area contributed by atoms with Crippen molar-refractivity contribution in [2.45, 2.75) is 18.4 Å². The minimum Gasteiger partial charge on any atom is -0.497 e. The van der Waals surface area contributed by atoms with Crippen molar-refractivity contribution in [3.63, 3.8) is 0 Å². The zero-order valence-corrected chi connectivity index (χ0v) is 16.2. The minimum atomic E-state index is -3.68. The molecule has 0 heterocycles. The number of hydrogen-bond donors (Lipinski definition) is 0. The van der Waals surface area contributed by atoms with E-state index in [1.165, 1.54) is 4.31 Å². The maximum absolute atomic E-state index is 12.9. The van der Waals surface area contributed by atoms with Crippen LogP contribution < -0.4 is 9.47 Å². The first kappa shape index (κ1) is 18.8. The third kappa shape index (κ3) is 4.28. The number of rotatable bonds is 7. The van der Waals surface area contributed by atoms with Crippen LogP contribution in [-0.4, -0.2) is 33.5 Å². The standard InChI is InChI=1S/C17H20BrNO4S/c1-4-23-16-10-7-14(18)11-17(16)24(20,21)19(2)12-13-5-8-15(22-3)9-6-13/h5-11H,4,12H2,1-3H3. The second kappa shape index (κ2) is 8.00. The Hall–Kier alpha value is -1.57. The van der Waals surface area contributed by atoms with Crippen molar-refractivity contribution in [2.75, 3.05) is 20.8 Å². The molecule has 7 heteroatoms. The summed E-state index contributed by atoms with van der Waals surface area (Å²) in [5.74, 6) is 1.08. The molecule has 0 unspecified atom stereocenters. The van der Waals surface area contributed by atoms with E-state index < -0.39 is 10.0 Å². The molecule has 24 heavy (non-hydrogen) atoms. The Balaban J connectivity index is 2.30. The number of ether oxygens (including phenoxy) is 2. The SMILES string of the molecule is CCOc1ccc(Br)cc1S(=O)(=O)N(C)Cc1ccc(OC)cc1. The highest BCUT2D eigenvalue weighted by atomic mass is 79.9. The van der Waals surface area contributed by atoms with Gasteiger partial charge in [0.25, 0.3) is 0 Å². The van der Waals surface area contributed by atoms with E-state index in [-0.39, 0.29) is 11.4 Å². The molecule has 0 spiro atoms. The summed E-state index contributed by atoms with van der Waals surface area (Å²) in [7, 11) is -0.538.